The minimum absolute atomic E-state index is 0.0426. The van der Waals surface area contributed by atoms with Crippen LogP contribution in [0.5, 0.6) is 0 Å². The van der Waals surface area contributed by atoms with Gasteiger partial charge in [0.2, 0.25) is 5.91 Å². The molecule has 1 aromatic carbocycles. The van der Waals surface area contributed by atoms with E-state index in [1.165, 1.54) is 0 Å². The minimum atomic E-state index is -4.78. The van der Waals surface area contributed by atoms with E-state index in [4.69, 9.17) is 11.6 Å². The van der Waals surface area contributed by atoms with Crippen LogP contribution in [-0.2, 0) is 11.0 Å². The molecule has 1 fully saturated rings. The van der Waals surface area contributed by atoms with Gasteiger partial charge in [-0.25, -0.2) is 0 Å². The number of hydrogen-bond donors (Lipinski definition) is 2. The molecular weight excluding hydrogens is 401 g/mol. The van der Waals surface area contributed by atoms with E-state index in [2.05, 4.69) is 10.6 Å². The zero-order valence-corrected chi connectivity index (χ0v) is 16.2. The summed E-state index contributed by atoms with van der Waals surface area (Å²) in [6, 6.07) is 1.29. The number of carbonyl (C=O) groups is 1. The van der Waals surface area contributed by atoms with Gasteiger partial charge in [-0.3, -0.25) is 19.8 Å². The predicted molar refractivity (Wildman–Crippen MR) is 99.5 cm³/mol. The van der Waals surface area contributed by atoms with E-state index in [9.17, 15) is 28.1 Å². The molecule has 1 amide bonds. The summed E-state index contributed by atoms with van der Waals surface area (Å²) in [7, 11) is 0. The number of piperidine rings is 1. The Labute approximate surface area is 165 Å². The summed E-state index contributed by atoms with van der Waals surface area (Å²) in [5.74, 6) is -0.0773. The average molecular weight is 423 g/mol. The maximum Gasteiger partial charge on any atom is 0.418 e. The Hall–Kier alpha value is -2.07. The van der Waals surface area contributed by atoms with Crippen LogP contribution >= 0.6 is 11.6 Å². The molecule has 1 heterocycles. The highest BCUT2D eigenvalue weighted by atomic mass is 35.5. The molecular formula is C17H22ClF3N4O3. The van der Waals surface area contributed by atoms with Crippen LogP contribution < -0.4 is 10.6 Å². The smallest absolute Gasteiger partial charge is 0.377 e. The molecule has 1 saturated heterocycles. The van der Waals surface area contributed by atoms with Crippen molar-refractivity contribution in [3.05, 3.63) is 32.8 Å². The van der Waals surface area contributed by atoms with Crippen molar-refractivity contribution in [2.75, 3.05) is 25.0 Å². The minimum Gasteiger partial charge on any atom is -0.377 e. The lowest BCUT2D eigenvalue weighted by molar-refractivity contribution is -0.384. The van der Waals surface area contributed by atoms with Crippen LogP contribution in [0.2, 0.25) is 5.02 Å². The third kappa shape index (κ3) is 5.96. The van der Waals surface area contributed by atoms with Crippen molar-refractivity contribution in [2.45, 2.75) is 44.9 Å². The zero-order chi connectivity index (χ0) is 21.1. The largest absolute Gasteiger partial charge is 0.418 e. The fourth-order valence-electron chi connectivity index (χ4n) is 3.07. The summed E-state index contributed by atoms with van der Waals surface area (Å²) in [5.41, 5.74) is -1.95. The summed E-state index contributed by atoms with van der Waals surface area (Å²) in [5, 5.41) is 16.4. The number of nitro benzene ring substituents is 1. The van der Waals surface area contributed by atoms with E-state index >= 15 is 0 Å². The first-order chi connectivity index (χ1) is 13.0. The summed E-state index contributed by atoms with van der Waals surface area (Å²) in [6.45, 7) is 5.18. The lowest BCUT2D eigenvalue weighted by Crippen LogP contribution is -2.45. The molecule has 0 spiro atoms. The van der Waals surface area contributed by atoms with Gasteiger partial charge in [0.25, 0.3) is 5.69 Å². The van der Waals surface area contributed by atoms with E-state index < -0.39 is 27.4 Å². The SMILES string of the molecule is CC(C)NC(=O)CN1CCC(Nc2cc(Cl)c(C(F)(F)F)cc2[N+](=O)[O-])CC1. The Morgan fingerprint density at radius 2 is 1.96 bits per heavy atom. The molecule has 7 nitrogen and oxygen atoms in total. The number of rotatable bonds is 6. The van der Waals surface area contributed by atoms with Crippen LogP contribution in [0.1, 0.15) is 32.3 Å². The lowest BCUT2D eigenvalue weighted by atomic mass is 10.0. The van der Waals surface area contributed by atoms with Crippen molar-refractivity contribution in [1.29, 1.82) is 0 Å². The molecule has 2 N–H and O–H groups in total. The number of nitro groups is 1. The predicted octanol–water partition coefficient (Wildman–Crippen LogP) is 3.67. The van der Waals surface area contributed by atoms with Crippen LogP contribution in [0.25, 0.3) is 0 Å². The molecule has 0 aliphatic carbocycles. The second-order valence-electron chi connectivity index (χ2n) is 7.02. The van der Waals surface area contributed by atoms with E-state index in [0.717, 1.165) is 6.07 Å². The number of halogens is 4. The second-order valence-corrected chi connectivity index (χ2v) is 7.43. The highest BCUT2D eigenvalue weighted by molar-refractivity contribution is 6.31. The first-order valence-electron chi connectivity index (χ1n) is 8.80. The molecule has 0 bridgehead atoms. The topological polar surface area (TPSA) is 87.5 Å². The molecule has 0 saturated carbocycles. The van der Waals surface area contributed by atoms with Crippen molar-refractivity contribution in [3.8, 4) is 0 Å². The van der Waals surface area contributed by atoms with Gasteiger partial charge >= 0.3 is 6.18 Å². The van der Waals surface area contributed by atoms with Crippen LogP contribution in [0.4, 0.5) is 24.5 Å². The Balaban J connectivity index is 2.04. The van der Waals surface area contributed by atoms with Crippen LogP contribution in [0, 0.1) is 10.1 Å². The number of anilines is 1. The first-order valence-corrected chi connectivity index (χ1v) is 9.18. The Morgan fingerprint density at radius 1 is 1.36 bits per heavy atom. The monoisotopic (exact) mass is 422 g/mol. The van der Waals surface area contributed by atoms with Gasteiger partial charge in [-0.05, 0) is 32.8 Å². The van der Waals surface area contributed by atoms with Gasteiger partial charge in [0.1, 0.15) is 5.69 Å². The highest BCUT2D eigenvalue weighted by Gasteiger charge is 2.36. The number of amides is 1. The molecule has 156 valence electrons. The summed E-state index contributed by atoms with van der Waals surface area (Å²) in [6.07, 6.45) is -3.60. The molecule has 0 unspecified atom stereocenters. The maximum atomic E-state index is 12.9. The molecule has 0 radical (unpaired) electrons. The number of nitrogens with zero attached hydrogens (tertiary/aromatic N) is 2. The highest BCUT2D eigenvalue weighted by Crippen LogP contribution is 2.40. The van der Waals surface area contributed by atoms with E-state index in [-0.39, 0.29) is 30.2 Å². The summed E-state index contributed by atoms with van der Waals surface area (Å²) >= 11 is 5.70. The number of carbonyl (C=O) groups excluding carboxylic acids is 1. The Bertz CT molecular complexity index is 735. The van der Waals surface area contributed by atoms with Gasteiger partial charge in [-0.15, -0.1) is 0 Å². The second kappa shape index (κ2) is 8.95. The van der Waals surface area contributed by atoms with Crippen LogP contribution in [0.3, 0.4) is 0 Å². The molecule has 0 aromatic heterocycles. The van der Waals surface area contributed by atoms with Gasteiger partial charge in [0, 0.05) is 31.2 Å². The fourth-order valence-corrected chi connectivity index (χ4v) is 3.34. The summed E-state index contributed by atoms with van der Waals surface area (Å²) in [4.78, 5) is 24.1. The van der Waals surface area contributed by atoms with Crippen molar-refractivity contribution in [3.63, 3.8) is 0 Å². The standard InChI is InChI=1S/C17H22ClF3N4O3/c1-10(2)22-16(26)9-24-5-3-11(4-6-24)23-14-8-13(18)12(17(19,20)21)7-15(14)25(27)28/h7-8,10-11,23H,3-6,9H2,1-2H3,(H,22,26). The molecule has 1 aromatic rings. The summed E-state index contributed by atoms with van der Waals surface area (Å²) < 4.78 is 38.8. The lowest BCUT2D eigenvalue weighted by Gasteiger charge is -2.32. The van der Waals surface area contributed by atoms with E-state index in [1.54, 1.807) is 0 Å². The van der Waals surface area contributed by atoms with Gasteiger partial charge in [-0.1, -0.05) is 11.6 Å². The number of hydrogen-bond acceptors (Lipinski definition) is 5. The van der Waals surface area contributed by atoms with E-state index in [1.807, 2.05) is 18.7 Å². The number of likely N-dealkylation sites (tertiary alicyclic amines) is 1. The quantitative estimate of drug-likeness (QED) is 0.539. The average Bonchev–Trinajstić information content (AvgIpc) is 2.54. The normalized spacial score (nSPS) is 16.2. The van der Waals surface area contributed by atoms with Crippen LogP contribution in [-0.4, -0.2) is 47.4 Å². The van der Waals surface area contributed by atoms with Gasteiger partial charge in [-0.2, -0.15) is 13.2 Å². The Morgan fingerprint density at radius 3 is 2.46 bits per heavy atom. The van der Waals surface area contributed by atoms with Crippen molar-refractivity contribution in [2.24, 2.45) is 0 Å². The Kier molecular flexibility index (Phi) is 7.11. The molecule has 1 aliphatic heterocycles. The zero-order valence-electron chi connectivity index (χ0n) is 15.5. The van der Waals surface area contributed by atoms with Gasteiger partial charge in [0.15, 0.2) is 0 Å². The molecule has 2 rings (SSSR count). The van der Waals surface area contributed by atoms with Gasteiger partial charge in [0.05, 0.1) is 22.1 Å². The fraction of sp³-hybridized carbons (Fsp3) is 0.588. The molecule has 11 heteroatoms. The van der Waals surface area contributed by atoms with Crippen molar-refractivity contribution >= 4 is 28.9 Å². The molecule has 28 heavy (non-hydrogen) atoms. The molecule has 0 atom stereocenters. The third-order valence-electron chi connectivity index (χ3n) is 4.35. The number of alkyl halides is 3. The van der Waals surface area contributed by atoms with Crippen molar-refractivity contribution in [1.82, 2.24) is 10.2 Å². The maximum absolute atomic E-state index is 12.9. The number of benzene rings is 1. The van der Waals surface area contributed by atoms with Crippen LogP contribution in [0.15, 0.2) is 12.1 Å². The van der Waals surface area contributed by atoms with Crippen molar-refractivity contribution < 1.29 is 22.9 Å². The van der Waals surface area contributed by atoms with E-state index in [0.29, 0.717) is 32.0 Å². The molecule has 1 aliphatic rings. The van der Waals surface area contributed by atoms with Gasteiger partial charge < -0.3 is 10.6 Å². The first kappa shape index (κ1) is 22.2. The third-order valence-corrected chi connectivity index (χ3v) is 4.66. The number of nitrogens with one attached hydrogen (secondary N) is 2.